The fourth-order valence-electron chi connectivity index (χ4n) is 2.16. The van der Waals surface area contributed by atoms with Crippen LogP contribution in [0, 0.1) is 0 Å². The highest BCUT2D eigenvalue weighted by molar-refractivity contribution is 5.74. The van der Waals surface area contributed by atoms with Crippen LogP contribution >= 0.6 is 0 Å². The van der Waals surface area contributed by atoms with Crippen LogP contribution in [0.25, 0.3) is 11.1 Å². The summed E-state index contributed by atoms with van der Waals surface area (Å²) < 4.78 is 11.0. The Balaban J connectivity index is 2.10. The lowest BCUT2D eigenvalue weighted by Gasteiger charge is -2.20. The minimum atomic E-state index is -0.770. The molecule has 0 saturated heterocycles. The molecule has 1 heterocycles. The van der Waals surface area contributed by atoms with Gasteiger partial charge in [0.15, 0.2) is 5.58 Å². The van der Waals surface area contributed by atoms with Gasteiger partial charge in [-0.1, -0.05) is 30.3 Å². The molecule has 0 aliphatic heterocycles. The van der Waals surface area contributed by atoms with Gasteiger partial charge in [-0.25, -0.2) is 4.98 Å². The molecule has 0 aliphatic carbocycles. The molecule has 20 heavy (non-hydrogen) atoms. The van der Waals surface area contributed by atoms with Gasteiger partial charge in [-0.15, -0.1) is 0 Å². The zero-order chi connectivity index (χ0) is 14.2. The third-order valence-corrected chi connectivity index (χ3v) is 3.41. The summed E-state index contributed by atoms with van der Waals surface area (Å²) >= 11 is 0. The van der Waals surface area contributed by atoms with E-state index in [4.69, 9.17) is 14.9 Å². The van der Waals surface area contributed by atoms with Crippen LogP contribution in [-0.4, -0.2) is 12.1 Å². The molecule has 0 aliphatic rings. The predicted molar refractivity (Wildman–Crippen MR) is 77.6 cm³/mol. The number of benzene rings is 2. The highest BCUT2D eigenvalue weighted by Gasteiger charge is 2.29. The number of hydrogen-bond acceptors (Lipinski definition) is 4. The molecule has 3 rings (SSSR count). The fraction of sp³-hybridized carbons (Fsp3) is 0.188. The van der Waals surface area contributed by atoms with E-state index in [2.05, 4.69) is 4.98 Å². The molecule has 0 radical (unpaired) electrons. The van der Waals surface area contributed by atoms with Crippen LogP contribution in [-0.2, 0) is 5.54 Å². The highest BCUT2D eigenvalue weighted by atomic mass is 16.5. The monoisotopic (exact) mass is 268 g/mol. The summed E-state index contributed by atoms with van der Waals surface area (Å²) in [6.07, 6.45) is 0. The van der Waals surface area contributed by atoms with Gasteiger partial charge >= 0.3 is 0 Å². The maximum atomic E-state index is 6.41. The second-order valence-electron chi connectivity index (χ2n) is 4.92. The largest absolute Gasteiger partial charge is 0.497 e. The van der Waals surface area contributed by atoms with Crippen molar-refractivity contribution in [3.05, 3.63) is 60.0 Å². The third-order valence-electron chi connectivity index (χ3n) is 3.41. The molecule has 0 spiro atoms. The quantitative estimate of drug-likeness (QED) is 0.793. The maximum absolute atomic E-state index is 6.41. The van der Waals surface area contributed by atoms with Crippen LogP contribution in [0.1, 0.15) is 18.4 Å². The Morgan fingerprint density at radius 3 is 2.60 bits per heavy atom. The predicted octanol–water partition coefficient (Wildman–Crippen LogP) is 3.06. The summed E-state index contributed by atoms with van der Waals surface area (Å²) in [5.41, 5.74) is 8.04. The molecule has 1 atom stereocenters. The van der Waals surface area contributed by atoms with Crippen molar-refractivity contribution in [1.82, 2.24) is 4.98 Å². The van der Waals surface area contributed by atoms with Gasteiger partial charge in [0.2, 0.25) is 5.89 Å². The van der Waals surface area contributed by atoms with Gasteiger partial charge in [0, 0.05) is 6.07 Å². The van der Waals surface area contributed by atoms with Crippen molar-refractivity contribution >= 4 is 11.1 Å². The molecule has 2 aromatic carbocycles. The average Bonchev–Trinajstić information content (AvgIpc) is 2.91. The Morgan fingerprint density at radius 1 is 1.15 bits per heavy atom. The van der Waals surface area contributed by atoms with Gasteiger partial charge < -0.3 is 14.9 Å². The molecule has 0 bridgehead atoms. The molecular weight excluding hydrogens is 252 g/mol. The van der Waals surface area contributed by atoms with E-state index in [9.17, 15) is 0 Å². The second kappa shape index (κ2) is 4.65. The van der Waals surface area contributed by atoms with E-state index in [-0.39, 0.29) is 0 Å². The standard InChI is InChI=1S/C16H16N2O2/c1-16(17,11-6-4-3-5-7-11)15-18-13-10-12(19-2)8-9-14(13)20-15/h3-10H,17H2,1-2H3. The Morgan fingerprint density at radius 2 is 1.90 bits per heavy atom. The van der Waals surface area contributed by atoms with Crippen LogP contribution in [0.15, 0.2) is 52.9 Å². The van der Waals surface area contributed by atoms with E-state index in [0.29, 0.717) is 11.5 Å². The zero-order valence-electron chi connectivity index (χ0n) is 11.5. The number of methoxy groups -OCH3 is 1. The van der Waals surface area contributed by atoms with Crippen LogP contribution in [0.3, 0.4) is 0 Å². The molecule has 0 amide bonds. The smallest absolute Gasteiger partial charge is 0.219 e. The lowest BCUT2D eigenvalue weighted by atomic mass is 9.93. The number of nitrogens with two attached hydrogens (primary N) is 1. The number of ether oxygens (including phenoxy) is 1. The topological polar surface area (TPSA) is 61.3 Å². The summed E-state index contributed by atoms with van der Waals surface area (Å²) in [6.45, 7) is 1.89. The number of hydrogen-bond donors (Lipinski definition) is 1. The van der Waals surface area contributed by atoms with Crippen molar-refractivity contribution in [3.8, 4) is 5.75 Å². The second-order valence-corrected chi connectivity index (χ2v) is 4.92. The molecule has 0 saturated carbocycles. The maximum Gasteiger partial charge on any atom is 0.219 e. The van der Waals surface area contributed by atoms with Crippen molar-refractivity contribution < 1.29 is 9.15 Å². The van der Waals surface area contributed by atoms with Gasteiger partial charge in [0.25, 0.3) is 0 Å². The van der Waals surface area contributed by atoms with Crippen LogP contribution in [0.5, 0.6) is 5.75 Å². The van der Waals surface area contributed by atoms with Gasteiger partial charge in [-0.2, -0.15) is 0 Å². The minimum absolute atomic E-state index is 0.493. The SMILES string of the molecule is COc1ccc2oc(C(C)(N)c3ccccc3)nc2c1. The lowest BCUT2D eigenvalue weighted by molar-refractivity contribution is 0.414. The normalized spacial score (nSPS) is 14.2. The van der Waals surface area contributed by atoms with Gasteiger partial charge in [-0.3, -0.25) is 0 Å². The van der Waals surface area contributed by atoms with Crippen molar-refractivity contribution in [3.63, 3.8) is 0 Å². The third kappa shape index (κ3) is 2.04. The Bertz CT molecular complexity index is 733. The van der Waals surface area contributed by atoms with Crippen molar-refractivity contribution in [1.29, 1.82) is 0 Å². The first-order valence-electron chi connectivity index (χ1n) is 6.41. The number of aromatic nitrogens is 1. The van der Waals surface area contributed by atoms with E-state index >= 15 is 0 Å². The summed E-state index contributed by atoms with van der Waals surface area (Å²) in [5, 5.41) is 0. The summed E-state index contributed by atoms with van der Waals surface area (Å²) in [6, 6.07) is 15.3. The Labute approximate surface area is 117 Å². The van der Waals surface area contributed by atoms with Crippen LogP contribution in [0.4, 0.5) is 0 Å². The molecule has 4 nitrogen and oxygen atoms in total. The Kier molecular flexibility index (Phi) is 2.95. The fourth-order valence-corrected chi connectivity index (χ4v) is 2.16. The molecule has 4 heteroatoms. The first-order chi connectivity index (χ1) is 9.61. The first-order valence-corrected chi connectivity index (χ1v) is 6.41. The van der Waals surface area contributed by atoms with E-state index in [1.807, 2.05) is 55.5 Å². The van der Waals surface area contributed by atoms with Crippen LogP contribution in [0.2, 0.25) is 0 Å². The van der Waals surface area contributed by atoms with Gasteiger partial charge in [-0.05, 0) is 24.6 Å². The summed E-state index contributed by atoms with van der Waals surface area (Å²) in [5.74, 6) is 1.24. The zero-order valence-corrected chi connectivity index (χ0v) is 11.5. The highest BCUT2D eigenvalue weighted by Crippen LogP contribution is 2.29. The van der Waals surface area contributed by atoms with E-state index in [0.717, 1.165) is 16.8 Å². The van der Waals surface area contributed by atoms with Crippen LogP contribution < -0.4 is 10.5 Å². The summed E-state index contributed by atoms with van der Waals surface area (Å²) in [7, 11) is 1.62. The first kappa shape index (κ1) is 12.7. The molecule has 2 N–H and O–H groups in total. The van der Waals surface area contributed by atoms with Crippen molar-refractivity contribution in [2.45, 2.75) is 12.5 Å². The molecule has 102 valence electrons. The number of rotatable bonds is 3. The Hall–Kier alpha value is -2.33. The van der Waals surface area contributed by atoms with Crippen molar-refractivity contribution in [2.24, 2.45) is 5.73 Å². The molecule has 0 fully saturated rings. The molecule has 3 aromatic rings. The molecular formula is C16H16N2O2. The van der Waals surface area contributed by atoms with E-state index < -0.39 is 5.54 Å². The number of fused-ring (bicyclic) bond motifs is 1. The van der Waals surface area contributed by atoms with E-state index in [1.54, 1.807) is 7.11 Å². The average molecular weight is 268 g/mol. The molecule has 1 unspecified atom stereocenters. The minimum Gasteiger partial charge on any atom is -0.497 e. The lowest BCUT2D eigenvalue weighted by Crippen LogP contribution is -2.34. The van der Waals surface area contributed by atoms with E-state index in [1.165, 1.54) is 0 Å². The number of nitrogens with zero attached hydrogens (tertiary/aromatic N) is 1. The van der Waals surface area contributed by atoms with Crippen molar-refractivity contribution in [2.75, 3.05) is 7.11 Å². The molecule has 1 aromatic heterocycles. The van der Waals surface area contributed by atoms with Gasteiger partial charge in [0.1, 0.15) is 16.8 Å². The van der Waals surface area contributed by atoms with Gasteiger partial charge in [0.05, 0.1) is 7.11 Å². The summed E-state index contributed by atoms with van der Waals surface area (Å²) in [4.78, 5) is 4.50. The number of oxazole rings is 1.